The average molecular weight is 732 g/mol. The lowest BCUT2D eigenvalue weighted by Gasteiger charge is -2.28. The van der Waals surface area contributed by atoms with Crippen LogP contribution in [-0.2, 0) is 0 Å². The van der Waals surface area contributed by atoms with Crippen molar-refractivity contribution >= 4 is 81.1 Å². The number of rotatable bonds is 6. The summed E-state index contributed by atoms with van der Waals surface area (Å²) in [4.78, 5) is 13.3. The minimum atomic E-state index is 0.871. The third kappa shape index (κ3) is 5.42. The van der Waals surface area contributed by atoms with Gasteiger partial charge in [0.25, 0.3) is 0 Å². The fourth-order valence-corrected chi connectivity index (χ4v) is 9.33. The maximum atomic E-state index is 5.52. The van der Waals surface area contributed by atoms with Gasteiger partial charge in [-0.25, -0.2) is 9.97 Å². The Labute approximate surface area is 328 Å². The van der Waals surface area contributed by atoms with E-state index >= 15 is 0 Å². The largest absolute Gasteiger partial charge is 0.310 e. The molecule has 0 N–H and O–H groups in total. The first kappa shape index (κ1) is 32.3. The van der Waals surface area contributed by atoms with Crippen molar-refractivity contribution in [3.05, 3.63) is 200 Å². The number of hydrogen-bond acceptors (Lipinski definition) is 4. The predicted molar refractivity (Wildman–Crippen MR) is 238 cm³/mol. The van der Waals surface area contributed by atoms with Crippen LogP contribution in [0.25, 0.3) is 86.4 Å². The summed E-state index contributed by atoms with van der Waals surface area (Å²) in [6.07, 6.45) is 0. The second-order valence-corrected chi connectivity index (χ2v) is 15.2. The van der Waals surface area contributed by atoms with Crippen molar-refractivity contribution in [1.29, 1.82) is 0 Å². The molecule has 3 nitrogen and oxygen atoms in total. The molecule has 0 fully saturated rings. The van der Waals surface area contributed by atoms with Gasteiger partial charge in [0.2, 0.25) is 0 Å². The van der Waals surface area contributed by atoms with Gasteiger partial charge >= 0.3 is 0 Å². The second kappa shape index (κ2) is 13.3. The number of fused-ring (bicyclic) bond motifs is 8. The molecule has 4 heteroatoms. The maximum Gasteiger partial charge on any atom is 0.0979 e. The summed E-state index contributed by atoms with van der Waals surface area (Å²) < 4.78 is 2.56. The van der Waals surface area contributed by atoms with Crippen molar-refractivity contribution < 1.29 is 0 Å². The van der Waals surface area contributed by atoms with Crippen LogP contribution in [0.4, 0.5) is 17.1 Å². The molecule has 11 aromatic rings. The van der Waals surface area contributed by atoms with E-state index in [4.69, 9.17) is 9.97 Å². The fraction of sp³-hybridized carbons (Fsp3) is 0. The molecule has 0 amide bonds. The van der Waals surface area contributed by atoms with E-state index < -0.39 is 0 Å². The van der Waals surface area contributed by atoms with E-state index in [2.05, 4.69) is 193 Å². The van der Waals surface area contributed by atoms with Gasteiger partial charge < -0.3 is 4.90 Å². The molecule has 0 saturated carbocycles. The summed E-state index contributed by atoms with van der Waals surface area (Å²) in [6, 6.07) is 71.5. The SMILES string of the molecule is c1ccc(-c2ccccc2N(c2ccc3c(c2)sc2ccccc23)c2ccc3ccc4ccc5nc(-c6ccccc6)c(-c6ccccc6)nc5c4c3c2)cc1. The van der Waals surface area contributed by atoms with Crippen molar-refractivity contribution in [3.8, 4) is 33.6 Å². The van der Waals surface area contributed by atoms with Gasteiger partial charge in [0.05, 0.1) is 28.1 Å². The first-order valence-electron chi connectivity index (χ1n) is 18.9. The van der Waals surface area contributed by atoms with E-state index in [0.717, 1.165) is 72.2 Å². The topological polar surface area (TPSA) is 29.0 Å². The highest BCUT2D eigenvalue weighted by atomic mass is 32.1. The summed E-state index contributed by atoms with van der Waals surface area (Å²) >= 11 is 1.85. The van der Waals surface area contributed by atoms with E-state index in [1.165, 1.54) is 31.3 Å². The Hall–Kier alpha value is -7.14. The Balaban J connectivity index is 1.18. The number of thiophene rings is 1. The number of nitrogens with zero attached hydrogens (tertiary/aromatic N) is 3. The number of anilines is 3. The van der Waals surface area contributed by atoms with Crippen LogP contribution >= 0.6 is 11.3 Å². The molecule has 56 heavy (non-hydrogen) atoms. The molecule has 0 radical (unpaired) electrons. The van der Waals surface area contributed by atoms with Gasteiger partial charge in [-0.2, -0.15) is 0 Å². The Morgan fingerprint density at radius 2 is 0.964 bits per heavy atom. The van der Waals surface area contributed by atoms with Gasteiger partial charge in [-0.05, 0) is 64.2 Å². The molecule has 2 aromatic heterocycles. The third-order valence-corrected chi connectivity index (χ3v) is 12.0. The highest BCUT2D eigenvalue weighted by molar-refractivity contribution is 7.25. The minimum absolute atomic E-state index is 0.871. The zero-order valence-corrected chi connectivity index (χ0v) is 31.1. The van der Waals surface area contributed by atoms with Crippen LogP contribution in [-0.4, -0.2) is 9.97 Å². The van der Waals surface area contributed by atoms with Crippen LogP contribution in [0, 0.1) is 0 Å². The van der Waals surface area contributed by atoms with Crippen molar-refractivity contribution in [2.24, 2.45) is 0 Å². The van der Waals surface area contributed by atoms with E-state index in [-0.39, 0.29) is 0 Å². The molecule has 0 saturated heterocycles. The Morgan fingerprint density at radius 3 is 1.75 bits per heavy atom. The van der Waals surface area contributed by atoms with E-state index in [0.29, 0.717) is 0 Å². The molecule has 0 spiro atoms. The standard InChI is InChI=1S/C52H33N3S/c1-4-14-34(15-5-1)41-20-10-12-22-46(41)55(40-29-30-43-42-21-11-13-23-47(42)56-48(43)33-40)39-28-26-35-24-25-36-27-31-45-52(49(36)44(35)32-39)54-51(38-18-8-3-9-19-38)50(53-45)37-16-6-2-7-17-37/h1-33H. The zero-order chi connectivity index (χ0) is 37.0. The summed E-state index contributed by atoms with van der Waals surface area (Å²) in [7, 11) is 0. The van der Waals surface area contributed by atoms with Gasteiger partial charge in [0, 0.05) is 53.6 Å². The molecule has 2 heterocycles. The normalized spacial score (nSPS) is 11.6. The van der Waals surface area contributed by atoms with Crippen LogP contribution < -0.4 is 4.90 Å². The minimum Gasteiger partial charge on any atom is -0.310 e. The van der Waals surface area contributed by atoms with Gasteiger partial charge in [-0.15, -0.1) is 11.3 Å². The quantitative estimate of drug-likeness (QED) is 0.159. The van der Waals surface area contributed by atoms with Gasteiger partial charge in [-0.3, -0.25) is 0 Å². The Bertz CT molecular complexity index is 3250. The highest BCUT2D eigenvalue weighted by Gasteiger charge is 2.21. The van der Waals surface area contributed by atoms with Gasteiger partial charge in [-0.1, -0.05) is 158 Å². The molecule has 0 atom stereocenters. The molecule has 11 rings (SSSR count). The lowest BCUT2D eigenvalue weighted by Crippen LogP contribution is -2.11. The Morgan fingerprint density at radius 1 is 0.393 bits per heavy atom. The highest BCUT2D eigenvalue weighted by Crippen LogP contribution is 2.45. The first-order valence-corrected chi connectivity index (χ1v) is 19.7. The smallest absolute Gasteiger partial charge is 0.0979 e. The monoisotopic (exact) mass is 731 g/mol. The lowest BCUT2D eigenvalue weighted by molar-refractivity contribution is 1.29. The van der Waals surface area contributed by atoms with Gasteiger partial charge in [0.1, 0.15) is 0 Å². The maximum absolute atomic E-state index is 5.52. The lowest BCUT2D eigenvalue weighted by atomic mass is 9.97. The van der Waals surface area contributed by atoms with E-state index in [9.17, 15) is 0 Å². The summed E-state index contributed by atoms with van der Waals surface area (Å²) in [6.45, 7) is 0. The molecule has 262 valence electrons. The fourth-order valence-electron chi connectivity index (χ4n) is 8.19. The summed E-state index contributed by atoms with van der Waals surface area (Å²) in [5.41, 5.74) is 11.2. The van der Waals surface area contributed by atoms with Crippen molar-refractivity contribution in [2.45, 2.75) is 0 Å². The van der Waals surface area contributed by atoms with Crippen LogP contribution in [0.5, 0.6) is 0 Å². The van der Waals surface area contributed by atoms with Crippen molar-refractivity contribution in [3.63, 3.8) is 0 Å². The number of benzene rings is 9. The van der Waals surface area contributed by atoms with Crippen LogP contribution in [0.1, 0.15) is 0 Å². The van der Waals surface area contributed by atoms with Crippen molar-refractivity contribution in [1.82, 2.24) is 9.97 Å². The molecule has 0 aliphatic rings. The number of para-hydroxylation sites is 1. The molecular weight excluding hydrogens is 699 g/mol. The molecular formula is C52H33N3S. The summed E-state index contributed by atoms with van der Waals surface area (Å²) in [5, 5.41) is 7.10. The molecule has 0 aliphatic carbocycles. The number of hydrogen-bond donors (Lipinski definition) is 0. The van der Waals surface area contributed by atoms with E-state index in [1.54, 1.807) is 0 Å². The number of aromatic nitrogens is 2. The summed E-state index contributed by atoms with van der Waals surface area (Å²) in [5.74, 6) is 0. The molecule has 0 bridgehead atoms. The van der Waals surface area contributed by atoms with E-state index in [1.807, 2.05) is 23.5 Å². The molecule has 0 aliphatic heterocycles. The molecule has 9 aromatic carbocycles. The van der Waals surface area contributed by atoms with Crippen LogP contribution in [0.15, 0.2) is 200 Å². The molecule has 0 unspecified atom stereocenters. The van der Waals surface area contributed by atoms with Crippen LogP contribution in [0.3, 0.4) is 0 Å². The predicted octanol–water partition coefficient (Wildman–Crippen LogP) is 14.8. The first-order chi connectivity index (χ1) is 27.8. The van der Waals surface area contributed by atoms with Gasteiger partial charge in [0.15, 0.2) is 0 Å². The van der Waals surface area contributed by atoms with Crippen molar-refractivity contribution in [2.75, 3.05) is 4.90 Å². The second-order valence-electron chi connectivity index (χ2n) is 14.2. The Kier molecular flexibility index (Phi) is 7.68. The zero-order valence-electron chi connectivity index (χ0n) is 30.3. The van der Waals surface area contributed by atoms with Crippen LogP contribution in [0.2, 0.25) is 0 Å². The average Bonchev–Trinajstić information content (AvgIpc) is 3.65. The third-order valence-electron chi connectivity index (χ3n) is 10.8.